The summed E-state index contributed by atoms with van der Waals surface area (Å²) in [5.41, 5.74) is -1.40. The molecule has 0 aromatic rings. The van der Waals surface area contributed by atoms with Crippen LogP contribution in [0.2, 0.25) is 0 Å². The van der Waals surface area contributed by atoms with Crippen LogP contribution in [0.15, 0.2) is 0 Å². The summed E-state index contributed by atoms with van der Waals surface area (Å²) < 4.78 is 63.6. The van der Waals surface area contributed by atoms with E-state index in [1.807, 2.05) is 0 Å². The molecule has 0 saturated carbocycles. The molecule has 0 unspecified atom stereocenters. The highest BCUT2D eigenvalue weighted by Crippen LogP contribution is 2.22. The van der Waals surface area contributed by atoms with Gasteiger partial charge in [0.2, 0.25) is 0 Å². The van der Waals surface area contributed by atoms with Gasteiger partial charge in [-0.15, -0.1) is 0 Å². The summed E-state index contributed by atoms with van der Waals surface area (Å²) in [6.07, 6.45) is -4.60. The lowest BCUT2D eigenvalue weighted by Gasteiger charge is -2.32. The van der Waals surface area contributed by atoms with E-state index in [0.29, 0.717) is 41.6 Å². The number of carbonyl (C=O) groups excluding carboxylic acids is 11. The summed E-state index contributed by atoms with van der Waals surface area (Å²) >= 11 is 0. The number of hydroxylamine groups is 6. The number of hydrogen-bond donors (Lipinski definition) is 0. The Morgan fingerprint density at radius 2 is 0.696 bits per heavy atom. The number of rotatable bonds is 36. The summed E-state index contributed by atoms with van der Waals surface area (Å²) in [6.45, 7) is -1.65. The third kappa shape index (κ3) is 23.2. The zero-order chi connectivity index (χ0) is 50.3. The molecule has 0 aromatic heterocycles. The summed E-state index contributed by atoms with van der Waals surface area (Å²) in [7, 11) is 1.30. The normalized spacial score (nSPS) is 14.9. The van der Waals surface area contributed by atoms with E-state index >= 15 is 0 Å². The molecular weight excluding hydrogens is 938 g/mol. The molecule has 0 atom stereocenters. The molecule has 3 saturated heterocycles. The number of hydrogen-bond acceptors (Lipinski definition) is 26. The van der Waals surface area contributed by atoms with Gasteiger partial charge < -0.3 is 56.8 Å². The molecule has 0 aliphatic carbocycles. The molecule has 0 aromatic carbocycles. The SMILES string of the molecule is COC(=O)CCOCCOCCOCCOCCCC(=O)OCC(COCCOC(=O)ON1C(=O)CCC1=O)(COCCOC(=O)ON1C(=O)CCC1=O)COCCOC(=O)ON1C(=O)CCC1=O. The third-order valence-electron chi connectivity index (χ3n) is 9.09. The van der Waals surface area contributed by atoms with Crippen molar-refractivity contribution >= 4 is 65.8 Å². The first-order valence-corrected chi connectivity index (χ1v) is 21.6. The average Bonchev–Trinajstić information content (AvgIpc) is 3.94. The second-order valence-electron chi connectivity index (χ2n) is 14.5. The summed E-state index contributed by atoms with van der Waals surface area (Å²) in [5, 5.41) is 0.873. The fraction of sp³-hybridized carbons (Fsp3) is 0.725. The molecule has 3 aliphatic rings. The molecule has 3 heterocycles. The van der Waals surface area contributed by atoms with Gasteiger partial charge in [0.25, 0.3) is 35.4 Å². The Morgan fingerprint density at radius 3 is 1.04 bits per heavy atom. The average molecular weight is 996 g/mol. The predicted octanol–water partition coefficient (Wildman–Crippen LogP) is -0.373. The first kappa shape index (κ1) is 57.2. The fourth-order valence-corrected chi connectivity index (χ4v) is 5.59. The molecular formula is C40H57N3O26. The maximum Gasteiger partial charge on any atom is 0.534 e. The van der Waals surface area contributed by atoms with Crippen molar-refractivity contribution in [2.75, 3.05) is 126 Å². The van der Waals surface area contributed by atoms with Gasteiger partial charge in [0.15, 0.2) is 0 Å². The van der Waals surface area contributed by atoms with Gasteiger partial charge in [-0.2, -0.15) is 0 Å². The number of ether oxygens (including phenoxy) is 12. The van der Waals surface area contributed by atoms with Crippen LogP contribution >= 0.6 is 0 Å². The third-order valence-corrected chi connectivity index (χ3v) is 9.09. The largest absolute Gasteiger partial charge is 0.534 e. The smallest absolute Gasteiger partial charge is 0.469 e. The first-order valence-electron chi connectivity index (χ1n) is 21.6. The van der Waals surface area contributed by atoms with Crippen molar-refractivity contribution in [3.63, 3.8) is 0 Å². The minimum absolute atomic E-state index is 0.0943. The Morgan fingerprint density at radius 1 is 0.377 bits per heavy atom. The van der Waals surface area contributed by atoms with Crippen LogP contribution in [0.4, 0.5) is 14.4 Å². The number of nitrogens with zero attached hydrogens (tertiary/aromatic N) is 3. The molecule has 388 valence electrons. The Hall–Kier alpha value is -6.11. The van der Waals surface area contributed by atoms with E-state index in [9.17, 15) is 52.7 Å². The minimum Gasteiger partial charge on any atom is -0.469 e. The molecule has 0 radical (unpaired) electrons. The van der Waals surface area contributed by atoms with Gasteiger partial charge in [-0.05, 0) is 6.42 Å². The van der Waals surface area contributed by atoms with E-state index in [1.165, 1.54) is 7.11 Å². The van der Waals surface area contributed by atoms with Crippen molar-refractivity contribution in [2.24, 2.45) is 5.41 Å². The molecule has 0 bridgehead atoms. The number of carbonyl (C=O) groups is 11. The molecule has 6 amide bonds. The van der Waals surface area contributed by atoms with Crippen molar-refractivity contribution in [2.45, 2.75) is 57.8 Å². The Labute approximate surface area is 394 Å². The monoisotopic (exact) mass is 995 g/mol. The Kier molecular flexibility index (Phi) is 27.0. The molecule has 29 nitrogen and oxygen atoms in total. The van der Waals surface area contributed by atoms with Crippen molar-refractivity contribution in [1.82, 2.24) is 15.2 Å². The van der Waals surface area contributed by atoms with E-state index in [4.69, 9.17) is 52.1 Å². The zero-order valence-corrected chi connectivity index (χ0v) is 38.0. The standard InChI is InChI=1S/C40H57N3O26/c1-55-35(50)10-12-57-14-16-59-18-17-58-15-13-56-11-2-3-36(51)66-28-40(25-60-19-22-63-37(52)67-41-29(44)4-5-30(41)45,26-61-20-23-64-38(53)68-42-31(46)6-7-32(42)47)27-62-21-24-65-39(54)69-43-33(48)8-9-34(43)49/h2-28H2,1H3. The zero-order valence-electron chi connectivity index (χ0n) is 38.0. The van der Waals surface area contributed by atoms with E-state index in [0.717, 1.165) is 0 Å². The quantitative estimate of drug-likeness (QED) is 0.0334. The summed E-state index contributed by atoms with van der Waals surface area (Å²) in [4.78, 5) is 145. The van der Waals surface area contributed by atoms with Crippen LogP contribution in [0.5, 0.6) is 0 Å². The molecule has 29 heteroatoms. The van der Waals surface area contributed by atoms with Crippen molar-refractivity contribution < 1.29 is 124 Å². The lowest BCUT2D eigenvalue weighted by Crippen LogP contribution is -2.43. The van der Waals surface area contributed by atoms with Gasteiger partial charge in [-0.1, -0.05) is 15.2 Å². The van der Waals surface area contributed by atoms with Gasteiger partial charge >= 0.3 is 30.4 Å². The van der Waals surface area contributed by atoms with Crippen LogP contribution in [0.3, 0.4) is 0 Å². The summed E-state index contributed by atoms with van der Waals surface area (Å²) in [5.74, 6) is -5.39. The number of amides is 6. The van der Waals surface area contributed by atoms with Crippen LogP contribution < -0.4 is 0 Å². The number of methoxy groups -OCH3 is 1. The highest BCUT2D eigenvalue weighted by atomic mass is 16.8. The number of esters is 2. The highest BCUT2D eigenvalue weighted by Gasteiger charge is 2.37. The fourth-order valence-electron chi connectivity index (χ4n) is 5.59. The lowest BCUT2D eigenvalue weighted by molar-refractivity contribution is -0.178. The van der Waals surface area contributed by atoms with Crippen molar-refractivity contribution in [3.8, 4) is 0 Å². The van der Waals surface area contributed by atoms with Gasteiger partial charge in [0, 0.05) is 51.6 Å². The van der Waals surface area contributed by atoms with Crippen LogP contribution in [0.25, 0.3) is 0 Å². The second-order valence-corrected chi connectivity index (χ2v) is 14.5. The first-order chi connectivity index (χ1) is 33.2. The van der Waals surface area contributed by atoms with Gasteiger partial charge in [-0.3, -0.25) is 52.9 Å². The van der Waals surface area contributed by atoms with Crippen molar-refractivity contribution in [1.29, 1.82) is 0 Å². The second kappa shape index (κ2) is 32.6. The molecule has 69 heavy (non-hydrogen) atoms. The maximum absolute atomic E-state index is 12.9. The Bertz CT molecular complexity index is 1550. The predicted molar refractivity (Wildman–Crippen MR) is 216 cm³/mol. The Balaban J connectivity index is 1.51. The van der Waals surface area contributed by atoms with Crippen LogP contribution in [-0.2, 0) is 110 Å². The highest BCUT2D eigenvalue weighted by molar-refractivity contribution is 6.02. The topological polar surface area (TPSA) is 336 Å². The van der Waals surface area contributed by atoms with E-state index in [2.05, 4.69) is 19.2 Å². The van der Waals surface area contributed by atoms with Crippen molar-refractivity contribution in [3.05, 3.63) is 0 Å². The van der Waals surface area contributed by atoms with Gasteiger partial charge in [-0.25, -0.2) is 14.4 Å². The molecule has 0 N–H and O–H groups in total. The van der Waals surface area contributed by atoms with Crippen LogP contribution in [0.1, 0.15) is 57.8 Å². The van der Waals surface area contributed by atoms with Crippen LogP contribution in [0, 0.1) is 5.41 Å². The van der Waals surface area contributed by atoms with E-state index in [-0.39, 0.29) is 130 Å². The number of imide groups is 3. The summed E-state index contributed by atoms with van der Waals surface area (Å²) in [6, 6.07) is 0. The molecule has 3 rings (SSSR count). The molecule has 0 spiro atoms. The van der Waals surface area contributed by atoms with E-state index < -0.39 is 91.7 Å². The molecule has 3 fully saturated rings. The van der Waals surface area contributed by atoms with Gasteiger partial charge in [0.05, 0.1) is 105 Å². The maximum atomic E-state index is 12.9. The molecule has 3 aliphatic heterocycles. The minimum atomic E-state index is -1.40. The van der Waals surface area contributed by atoms with Gasteiger partial charge in [0.1, 0.15) is 26.4 Å². The van der Waals surface area contributed by atoms with Crippen LogP contribution in [-0.4, -0.2) is 207 Å². The lowest BCUT2D eigenvalue weighted by atomic mass is 9.92. The van der Waals surface area contributed by atoms with E-state index in [1.54, 1.807) is 0 Å².